The van der Waals surface area contributed by atoms with Crippen LogP contribution < -0.4 is 10.1 Å². The molecule has 0 spiro atoms. The van der Waals surface area contributed by atoms with E-state index < -0.39 is 24.0 Å². The van der Waals surface area contributed by atoms with Gasteiger partial charge in [-0.3, -0.25) is 4.79 Å². The molecule has 0 radical (unpaired) electrons. The summed E-state index contributed by atoms with van der Waals surface area (Å²) in [6, 6.07) is 8.72. The van der Waals surface area contributed by atoms with Crippen LogP contribution in [0.2, 0.25) is 0 Å². The van der Waals surface area contributed by atoms with Gasteiger partial charge in [-0.2, -0.15) is 5.26 Å². The highest BCUT2D eigenvalue weighted by atomic mass is 16.5. The van der Waals surface area contributed by atoms with E-state index >= 15 is 0 Å². The van der Waals surface area contributed by atoms with Crippen LogP contribution >= 0.6 is 0 Å². The van der Waals surface area contributed by atoms with Crippen LogP contribution in [0, 0.1) is 17.2 Å². The van der Waals surface area contributed by atoms with Crippen LogP contribution in [0.25, 0.3) is 0 Å². The molecule has 1 aromatic rings. The van der Waals surface area contributed by atoms with E-state index in [9.17, 15) is 9.59 Å². The summed E-state index contributed by atoms with van der Waals surface area (Å²) in [7, 11) is 0. The van der Waals surface area contributed by atoms with Gasteiger partial charge in [0.1, 0.15) is 16.9 Å². The zero-order valence-corrected chi connectivity index (χ0v) is 13.9. The second kappa shape index (κ2) is 8.18. The normalized spacial score (nSPS) is 12.9. The predicted molar refractivity (Wildman–Crippen MR) is 84.9 cm³/mol. The van der Waals surface area contributed by atoms with E-state index in [0.717, 1.165) is 0 Å². The van der Waals surface area contributed by atoms with Gasteiger partial charge in [-0.05, 0) is 31.9 Å². The van der Waals surface area contributed by atoms with E-state index in [4.69, 9.17) is 14.7 Å². The second-order valence-electron chi connectivity index (χ2n) is 5.52. The van der Waals surface area contributed by atoms with Gasteiger partial charge < -0.3 is 14.8 Å². The topological polar surface area (TPSA) is 88.4 Å². The lowest BCUT2D eigenvalue weighted by Gasteiger charge is -2.27. The van der Waals surface area contributed by atoms with Gasteiger partial charge in [0.25, 0.3) is 5.91 Å². The summed E-state index contributed by atoms with van der Waals surface area (Å²) in [6.07, 6.45) is 0. The van der Waals surface area contributed by atoms with Crippen molar-refractivity contribution in [2.24, 2.45) is 5.92 Å². The van der Waals surface area contributed by atoms with Crippen molar-refractivity contribution in [1.29, 1.82) is 5.26 Å². The highest BCUT2D eigenvalue weighted by molar-refractivity contribution is 5.94. The zero-order valence-electron chi connectivity index (χ0n) is 13.9. The minimum Gasteiger partial charge on any atom is -0.493 e. The third-order valence-electron chi connectivity index (χ3n) is 3.53. The Labute approximate surface area is 136 Å². The lowest BCUT2D eigenvalue weighted by atomic mass is 9.90. The number of nitrogens with zero attached hydrogens (tertiary/aromatic N) is 1. The van der Waals surface area contributed by atoms with Gasteiger partial charge in [-0.25, -0.2) is 4.79 Å². The van der Waals surface area contributed by atoms with Gasteiger partial charge in [-0.1, -0.05) is 26.0 Å². The summed E-state index contributed by atoms with van der Waals surface area (Å²) in [5.41, 5.74) is -0.749. The Bertz CT molecular complexity index is 607. The summed E-state index contributed by atoms with van der Waals surface area (Å²) in [6.45, 7) is 7.05. The number of benzene rings is 1. The lowest BCUT2D eigenvalue weighted by molar-refractivity contribution is -0.125. The molecule has 0 bridgehead atoms. The number of esters is 1. The number of para-hydroxylation sites is 1. The van der Waals surface area contributed by atoms with E-state index in [1.165, 1.54) is 0 Å². The Kier molecular flexibility index (Phi) is 6.58. The Morgan fingerprint density at radius 2 is 2.00 bits per heavy atom. The molecule has 0 saturated carbocycles. The molecule has 1 N–H and O–H groups in total. The molecule has 0 saturated heterocycles. The van der Waals surface area contributed by atoms with Crippen LogP contribution in [0.1, 0.15) is 38.1 Å². The fraction of sp³-hybridized carbons (Fsp3) is 0.471. The van der Waals surface area contributed by atoms with Crippen molar-refractivity contribution >= 4 is 11.9 Å². The van der Waals surface area contributed by atoms with Gasteiger partial charge in [0.2, 0.25) is 0 Å². The molecule has 0 aliphatic rings. The van der Waals surface area contributed by atoms with Crippen LogP contribution in [0.5, 0.6) is 5.75 Å². The highest BCUT2D eigenvalue weighted by Crippen LogP contribution is 2.19. The molecule has 6 nitrogen and oxygen atoms in total. The summed E-state index contributed by atoms with van der Waals surface area (Å²) in [5.74, 6) is -0.840. The molecule has 23 heavy (non-hydrogen) atoms. The first-order valence-electron chi connectivity index (χ1n) is 7.45. The number of amides is 1. The number of carbonyl (C=O) groups excluding carboxylic acids is 2. The second-order valence-corrected chi connectivity index (χ2v) is 5.52. The van der Waals surface area contributed by atoms with Crippen LogP contribution in [0.3, 0.4) is 0 Å². The standard InChI is InChI=1S/C17H22N2O4/c1-5-22-14-9-7-6-8-13(14)16(21)23-10-15(20)19-17(4,11-18)12(2)3/h6-9,12H,5,10H2,1-4H3,(H,19,20)/t17-/m0/s1. The summed E-state index contributed by atoms with van der Waals surface area (Å²) in [5, 5.41) is 11.7. The Balaban J connectivity index is 2.67. The minimum atomic E-state index is -1.01. The summed E-state index contributed by atoms with van der Waals surface area (Å²) in [4.78, 5) is 24.0. The zero-order chi connectivity index (χ0) is 17.5. The Morgan fingerprint density at radius 3 is 2.57 bits per heavy atom. The Morgan fingerprint density at radius 1 is 1.35 bits per heavy atom. The number of nitriles is 1. The molecular formula is C17H22N2O4. The maximum atomic E-state index is 12.1. The van der Waals surface area contributed by atoms with E-state index in [1.807, 2.05) is 20.8 Å². The highest BCUT2D eigenvalue weighted by Gasteiger charge is 2.30. The maximum Gasteiger partial charge on any atom is 0.342 e. The largest absolute Gasteiger partial charge is 0.493 e. The molecule has 6 heteroatoms. The van der Waals surface area contributed by atoms with Crippen molar-refractivity contribution in [3.63, 3.8) is 0 Å². The average molecular weight is 318 g/mol. The van der Waals surface area contributed by atoms with E-state index in [0.29, 0.717) is 12.4 Å². The number of rotatable bonds is 7. The molecule has 0 aliphatic carbocycles. The third kappa shape index (κ3) is 4.99. The monoisotopic (exact) mass is 318 g/mol. The third-order valence-corrected chi connectivity index (χ3v) is 3.53. The van der Waals surface area contributed by atoms with E-state index in [1.54, 1.807) is 31.2 Å². The number of carbonyl (C=O) groups is 2. The molecule has 1 atom stereocenters. The van der Waals surface area contributed by atoms with Gasteiger partial charge in [0.15, 0.2) is 6.61 Å². The molecule has 1 aromatic carbocycles. The van der Waals surface area contributed by atoms with E-state index in [2.05, 4.69) is 11.4 Å². The molecule has 1 amide bonds. The van der Waals surface area contributed by atoms with E-state index in [-0.39, 0.29) is 11.5 Å². The van der Waals surface area contributed by atoms with Gasteiger partial charge in [-0.15, -0.1) is 0 Å². The molecule has 0 fully saturated rings. The maximum absolute atomic E-state index is 12.1. The van der Waals surface area contributed by atoms with Crippen molar-refractivity contribution in [1.82, 2.24) is 5.32 Å². The number of nitrogens with one attached hydrogen (secondary N) is 1. The lowest BCUT2D eigenvalue weighted by Crippen LogP contribution is -2.50. The molecule has 1 rings (SSSR count). The molecular weight excluding hydrogens is 296 g/mol. The van der Waals surface area contributed by atoms with Crippen molar-refractivity contribution < 1.29 is 19.1 Å². The predicted octanol–water partition coefficient (Wildman–Crippen LogP) is 2.30. The van der Waals surface area contributed by atoms with Crippen molar-refractivity contribution in [2.45, 2.75) is 33.2 Å². The summed E-state index contributed by atoms with van der Waals surface area (Å²) >= 11 is 0. The van der Waals surface area contributed by atoms with Crippen LogP contribution in [-0.4, -0.2) is 30.6 Å². The molecule has 124 valence electrons. The molecule has 0 aromatic heterocycles. The fourth-order valence-corrected chi connectivity index (χ4v) is 1.75. The van der Waals surface area contributed by atoms with Crippen LogP contribution in [0.4, 0.5) is 0 Å². The van der Waals surface area contributed by atoms with Gasteiger partial charge in [0, 0.05) is 0 Å². The molecule has 0 heterocycles. The van der Waals surface area contributed by atoms with Crippen LogP contribution in [0.15, 0.2) is 24.3 Å². The average Bonchev–Trinajstić information content (AvgIpc) is 2.53. The number of hydrogen-bond acceptors (Lipinski definition) is 5. The van der Waals surface area contributed by atoms with Crippen LogP contribution in [-0.2, 0) is 9.53 Å². The fourth-order valence-electron chi connectivity index (χ4n) is 1.75. The number of ether oxygens (including phenoxy) is 2. The van der Waals surface area contributed by atoms with Crippen molar-refractivity contribution in [3.05, 3.63) is 29.8 Å². The smallest absolute Gasteiger partial charge is 0.342 e. The summed E-state index contributed by atoms with van der Waals surface area (Å²) < 4.78 is 10.4. The van der Waals surface area contributed by atoms with Crippen molar-refractivity contribution in [3.8, 4) is 11.8 Å². The minimum absolute atomic E-state index is 0.0779. The first-order chi connectivity index (χ1) is 10.8. The Hall–Kier alpha value is -2.55. The number of hydrogen-bond donors (Lipinski definition) is 1. The first kappa shape index (κ1) is 18.5. The molecule has 0 unspecified atom stereocenters. The van der Waals surface area contributed by atoms with Gasteiger partial charge >= 0.3 is 5.97 Å². The first-order valence-corrected chi connectivity index (χ1v) is 7.45. The van der Waals surface area contributed by atoms with Crippen molar-refractivity contribution in [2.75, 3.05) is 13.2 Å². The molecule has 0 aliphatic heterocycles. The SMILES string of the molecule is CCOc1ccccc1C(=O)OCC(=O)N[C@@](C)(C#N)C(C)C. The van der Waals surface area contributed by atoms with Gasteiger partial charge in [0.05, 0.1) is 12.7 Å². The quantitative estimate of drug-likeness (QED) is 0.779.